The van der Waals surface area contributed by atoms with E-state index < -0.39 is 23.3 Å². The molecule has 1 aromatic heterocycles. The summed E-state index contributed by atoms with van der Waals surface area (Å²) in [5.41, 5.74) is 2.00. The molecule has 1 heterocycles. The summed E-state index contributed by atoms with van der Waals surface area (Å²) in [6, 6.07) is 3.42. The number of rotatable bonds is 3. The minimum atomic E-state index is -1.11. The lowest BCUT2D eigenvalue weighted by molar-refractivity contribution is 0.509. The Balaban J connectivity index is 2.34. The van der Waals surface area contributed by atoms with Crippen molar-refractivity contribution in [3.63, 3.8) is 0 Å². The Kier molecular flexibility index (Phi) is 3.52. The minimum absolute atomic E-state index is 0.0554. The van der Waals surface area contributed by atoms with Gasteiger partial charge in [0.2, 0.25) is 0 Å². The SMILES string of the molecule is NNc1nc(Nc2ccc(F)c(F)c2)c(F)cc1F. The third-order valence-corrected chi connectivity index (χ3v) is 2.25. The standard InChI is InChI=1S/C11H8F4N4/c12-6-2-1-5(3-7(6)13)17-10-8(14)4-9(15)11(18-10)19-16/h1-4H,16H2,(H2,17,18,19). The summed E-state index contributed by atoms with van der Waals surface area (Å²) in [4.78, 5) is 3.52. The maximum absolute atomic E-state index is 13.4. The molecule has 0 spiro atoms. The zero-order valence-corrected chi connectivity index (χ0v) is 9.35. The van der Waals surface area contributed by atoms with Crippen molar-refractivity contribution in [2.75, 3.05) is 10.7 Å². The van der Waals surface area contributed by atoms with Crippen molar-refractivity contribution in [3.05, 3.63) is 47.5 Å². The Morgan fingerprint density at radius 2 is 1.53 bits per heavy atom. The summed E-state index contributed by atoms with van der Waals surface area (Å²) >= 11 is 0. The van der Waals surface area contributed by atoms with Crippen molar-refractivity contribution in [1.82, 2.24) is 4.98 Å². The van der Waals surface area contributed by atoms with Crippen LogP contribution in [-0.4, -0.2) is 4.98 Å². The summed E-state index contributed by atoms with van der Waals surface area (Å²) in [6.45, 7) is 0. The zero-order valence-electron chi connectivity index (χ0n) is 9.35. The van der Waals surface area contributed by atoms with Gasteiger partial charge in [0.25, 0.3) is 0 Å². The fourth-order valence-electron chi connectivity index (χ4n) is 1.37. The number of anilines is 3. The second-order valence-corrected chi connectivity index (χ2v) is 3.55. The number of aromatic nitrogens is 1. The molecule has 4 nitrogen and oxygen atoms in total. The fraction of sp³-hybridized carbons (Fsp3) is 0. The van der Waals surface area contributed by atoms with E-state index in [1.807, 2.05) is 5.43 Å². The van der Waals surface area contributed by atoms with Crippen molar-refractivity contribution in [3.8, 4) is 0 Å². The van der Waals surface area contributed by atoms with Crippen LogP contribution in [0.4, 0.5) is 34.9 Å². The van der Waals surface area contributed by atoms with Crippen LogP contribution in [-0.2, 0) is 0 Å². The Bertz CT molecular complexity index is 618. The summed E-state index contributed by atoms with van der Waals surface area (Å²) in [6.07, 6.45) is 0. The molecule has 1 aromatic carbocycles. The molecular weight excluding hydrogens is 264 g/mol. The first kappa shape index (κ1) is 13.1. The van der Waals surface area contributed by atoms with E-state index in [9.17, 15) is 17.6 Å². The van der Waals surface area contributed by atoms with Crippen molar-refractivity contribution in [2.45, 2.75) is 0 Å². The summed E-state index contributed by atoms with van der Waals surface area (Å²) < 4.78 is 52.2. The van der Waals surface area contributed by atoms with Crippen LogP contribution in [0.15, 0.2) is 24.3 Å². The number of nitrogens with zero attached hydrogens (tertiary/aromatic N) is 1. The summed E-state index contributed by atoms with van der Waals surface area (Å²) in [5, 5.41) is 2.39. The fourth-order valence-corrected chi connectivity index (χ4v) is 1.37. The lowest BCUT2D eigenvalue weighted by Crippen LogP contribution is -2.12. The number of nitrogens with two attached hydrogens (primary N) is 1. The third-order valence-electron chi connectivity index (χ3n) is 2.25. The van der Waals surface area contributed by atoms with Crippen LogP contribution in [0, 0.1) is 23.3 Å². The average Bonchev–Trinajstić information content (AvgIpc) is 2.37. The molecule has 0 fully saturated rings. The van der Waals surface area contributed by atoms with Crippen LogP contribution in [0.25, 0.3) is 0 Å². The van der Waals surface area contributed by atoms with Crippen LogP contribution in [0.1, 0.15) is 0 Å². The Morgan fingerprint density at radius 3 is 2.16 bits per heavy atom. The number of hydrazine groups is 1. The van der Waals surface area contributed by atoms with Crippen molar-refractivity contribution >= 4 is 17.3 Å². The van der Waals surface area contributed by atoms with Crippen LogP contribution in [0.3, 0.4) is 0 Å². The number of nitrogen functional groups attached to an aromatic ring is 1. The van der Waals surface area contributed by atoms with E-state index in [-0.39, 0.29) is 17.3 Å². The van der Waals surface area contributed by atoms with Gasteiger partial charge in [-0.2, -0.15) is 0 Å². The molecule has 0 atom stereocenters. The number of halogens is 4. The van der Waals surface area contributed by atoms with E-state index in [1.165, 1.54) is 6.07 Å². The number of benzene rings is 1. The van der Waals surface area contributed by atoms with E-state index in [0.29, 0.717) is 6.07 Å². The number of hydrogen-bond acceptors (Lipinski definition) is 4. The molecule has 100 valence electrons. The maximum Gasteiger partial charge on any atom is 0.178 e. The average molecular weight is 272 g/mol. The maximum atomic E-state index is 13.4. The minimum Gasteiger partial charge on any atom is -0.338 e. The molecule has 19 heavy (non-hydrogen) atoms. The highest BCUT2D eigenvalue weighted by atomic mass is 19.2. The molecule has 2 aromatic rings. The van der Waals surface area contributed by atoms with Crippen molar-refractivity contribution in [1.29, 1.82) is 0 Å². The van der Waals surface area contributed by atoms with Crippen molar-refractivity contribution in [2.24, 2.45) is 5.84 Å². The molecule has 0 bridgehead atoms. The highest BCUT2D eigenvalue weighted by Crippen LogP contribution is 2.23. The van der Waals surface area contributed by atoms with Gasteiger partial charge in [0.1, 0.15) is 0 Å². The predicted octanol–water partition coefficient (Wildman–Crippen LogP) is 2.67. The van der Waals surface area contributed by atoms with Crippen LogP contribution in [0.2, 0.25) is 0 Å². The molecule has 0 aliphatic rings. The first-order valence-electron chi connectivity index (χ1n) is 5.06. The quantitative estimate of drug-likeness (QED) is 0.456. The van der Waals surface area contributed by atoms with E-state index in [2.05, 4.69) is 10.3 Å². The van der Waals surface area contributed by atoms with Gasteiger partial charge in [-0.15, -0.1) is 0 Å². The smallest absolute Gasteiger partial charge is 0.178 e. The molecule has 8 heteroatoms. The highest BCUT2D eigenvalue weighted by Gasteiger charge is 2.12. The molecular formula is C11H8F4N4. The lowest BCUT2D eigenvalue weighted by atomic mass is 10.3. The molecule has 4 N–H and O–H groups in total. The monoisotopic (exact) mass is 272 g/mol. The second kappa shape index (κ2) is 5.11. The summed E-state index contributed by atoms with van der Waals surface area (Å²) in [5.74, 6) is 0.116. The van der Waals surface area contributed by atoms with Crippen LogP contribution < -0.4 is 16.6 Å². The normalized spacial score (nSPS) is 10.4. The van der Waals surface area contributed by atoms with Gasteiger partial charge in [-0.25, -0.2) is 28.4 Å². The Morgan fingerprint density at radius 1 is 0.842 bits per heavy atom. The second-order valence-electron chi connectivity index (χ2n) is 3.55. The molecule has 0 unspecified atom stereocenters. The van der Waals surface area contributed by atoms with E-state index in [4.69, 9.17) is 5.84 Å². The molecule has 0 amide bonds. The molecule has 0 aliphatic carbocycles. The van der Waals surface area contributed by atoms with E-state index in [1.54, 1.807) is 0 Å². The Hall–Kier alpha value is -2.35. The van der Waals surface area contributed by atoms with Gasteiger partial charge in [-0.3, -0.25) is 0 Å². The third kappa shape index (κ3) is 2.74. The number of nitrogens with one attached hydrogen (secondary N) is 2. The summed E-state index contributed by atoms with van der Waals surface area (Å²) in [7, 11) is 0. The molecule has 2 rings (SSSR count). The first-order chi connectivity index (χ1) is 9.01. The van der Waals surface area contributed by atoms with Gasteiger partial charge in [-0.05, 0) is 12.1 Å². The molecule has 0 aliphatic heterocycles. The van der Waals surface area contributed by atoms with E-state index in [0.717, 1.165) is 12.1 Å². The topological polar surface area (TPSA) is 63.0 Å². The van der Waals surface area contributed by atoms with Gasteiger partial charge in [-0.1, -0.05) is 0 Å². The molecule has 0 saturated carbocycles. The van der Waals surface area contributed by atoms with Gasteiger partial charge in [0, 0.05) is 17.8 Å². The van der Waals surface area contributed by atoms with Gasteiger partial charge in [0.05, 0.1) is 0 Å². The Labute approximate surface area is 105 Å². The van der Waals surface area contributed by atoms with E-state index >= 15 is 0 Å². The lowest BCUT2D eigenvalue weighted by Gasteiger charge is -2.09. The van der Waals surface area contributed by atoms with Crippen LogP contribution >= 0.6 is 0 Å². The highest BCUT2D eigenvalue weighted by molar-refractivity contribution is 5.58. The first-order valence-corrected chi connectivity index (χ1v) is 5.06. The largest absolute Gasteiger partial charge is 0.338 e. The molecule has 0 radical (unpaired) electrons. The number of hydrogen-bond donors (Lipinski definition) is 3. The van der Waals surface area contributed by atoms with Gasteiger partial charge < -0.3 is 10.7 Å². The predicted molar refractivity (Wildman–Crippen MR) is 61.6 cm³/mol. The van der Waals surface area contributed by atoms with Crippen molar-refractivity contribution < 1.29 is 17.6 Å². The van der Waals surface area contributed by atoms with Gasteiger partial charge >= 0.3 is 0 Å². The van der Waals surface area contributed by atoms with Crippen LogP contribution in [0.5, 0.6) is 0 Å². The zero-order chi connectivity index (χ0) is 14.0. The number of pyridine rings is 1. The van der Waals surface area contributed by atoms with Gasteiger partial charge in [0.15, 0.2) is 34.9 Å². The molecule has 0 saturated heterocycles.